The average molecular weight is 295 g/mol. The van der Waals surface area contributed by atoms with Crippen molar-refractivity contribution in [2.24, 2.45) is 0 Å². The van der Waals surface area contributed by atoms with Crippen LogP contribution in [0.3, 0.4) is 0 Å². The quantitative estimate of drug-likeness (QED) is 0.849. The minimum atomic E-state index is -0.0322. The molecule has 20 heavy (non-hydrogen) atoms. The van der Waals surface area contributed by atoms with Gasteiger partial charge >= 0.3 is 0 Å². The molecule has 0 fully saturated rings. The number of thiazole rings is 1. The van der Waals surface area contributed by atoms with Gasteiger partial charge in [0.1, 0.15) is 23.1 Å². The van der Waals surface area contributed by atoms with Gasteiger partial charge in [0.2, 0.25) is 0 Å². The molecule has 1 N–H and O–H groups in total. The lowest BCUT2D eigenvalue weighted by atomic mass is 10.3. The molecule has 2 rings (SSSR count). The van der Waals surface area contributed by atoms with Crippen LogP contribution in [0.25, 0.3) is 0 Å². The van der Waals surface area contributed by atoms with Crippen LogP contribution in [0.2, 0.25) is 0 Å². The SMILES string of the molecule is COCc1nc(COc2cccc(OC)c2)sc1CO. The number of ether oxygens (including phenoxy) is 3. The number of benzene rings is 1. The molecule has 0 amide bonds. The fourth-order valence-electron chi connectivity index (χ4n) is 1.71. The summed E-state index contributed by atoms with van der Waals surface area (Å²) in [6, 6.07) is 7.40. The first-order valence-electron chi connectivity index (χ1n) is 6.11. The second-order valence-electron chi connectivity index (χ2n) is 4.04. The Hall–Kier alpha value is -1.63. The third kappa shape index (κ3) is 3.69. The first-order valence-corrected chi connectivity index (χ1v) is 6.92. The third-order valence-corrected chi connectivity index (χ3v) is 3.71. The molecule has 1 heterocycles. The van der Waals surface area contributed by atoms with Crippen molar-refractivity contribution in [3.8, 4) is 11.5 Å². The van der Waals surface area contributed by atoms with Crippen LogP contribution in [0.1, 0.15) is 15.6 Å². The zero-order valence-corrected chi connectivity index (χ0v) is 12.3. The van der Waals surface area contributed by atoms with E-state index in [1.54, 1.807) is 14.2 Å². The van der Waals surface area contributed by atoms with Crippen molar-refractivity contribution in [3.63, 3.8) is 0 Å². The molecule has 108 valence electrons. The Kier molecular flexibility index (Phi) is 5.34. The van der Waals surface area contributed by atoms with E-state index in [0.717, 1.165) is 27.1 Å². The minimum Gasteiger partial charge on any atom is -0.497 e. The number of nitrogens with zero attached hydrogens (tertiary/aromatic N) is 1. The number of methoxy groups -OCH3 is 2. The summed E-state index contributed by atoms with van der Waals surface area (Å²) in [6.07, 6.45) is 0. The zero-order chi connectivity index (χ0) is 14.4. The molecule has 6 heteroatoms. The molecule has 0 saturated carbocycles. The van der Waals surface area contributed by atoms with Crippen molar-refractivity contribution < 1.29 is 19.3 Å². The molecule has 0 unspecified atom stereocenters. The van der Waals surface area contributed by atoms with Gasteiger partial charge in [-0.25, -0.2) is 4.98 Å². The van der Waals surface area contributed by atoms with Crippen LogP contribution in [0.15, 0.2) is 24.3 Å². The largest absolute Gasteiger partial charge is 0.497 e. The topological polar surface area (TPSA) is 60.8 Å². The van der Waals surface area contributed by atoms with Gasteiger partial charge in [-0.1, -0.05) is 6.07 Å². The van der Waals surface area contributed by atoms with E-state index < -0.39 is 0 Å². The molecule has 5 nitrogen and oxygen atoms in total. The van der Waals surface area contributed by atoms with Crippen LogP contribution in [0.5, 0.6) is 11.5 Å². The average Bonchev–Trinajstić information content (AvgIpc) is 2.88. The van der Waals surface area contributed by atoms with Crippen LogP contribution in [-0.4, -0.2) is 24.3 Å². The van der Waals surface area contributed by atoms with Crippen molar-refractivity contribution in [1.82, 2.24) is 4.98 Å². The predicted octanol–water partition coefficient (Wildman–Crippen LogP) is 2.37. The maximum absolute atomic E-state index is 9.27. The van der Waals surface area contributed by atoms with Crippen LogP contribution in [0.4, 0.5) is 0 Å². The van der Waals surface area contributed by atoms with Gasteiger partial charge in [0.05, 0.1) is 30.9 Å². The highest BCUT2D eigenvalue weighted by molar-refractivity contribution is 7.11. The third-order valence-electron chi connectivity index (χ3n) is 2.65. The van der Waals surface area contributed by atoms with E-state index in [0.29, 0.717) is 13.2 Å². The van der Waals surface area contributed by atoms with Crippen LogP contribution in [0, 0.1) is 0 Å². The van der Waals surface area contributed by atoms with Gasteiger partial charge in [0, 0.05) is 13.2 Å². The summed E-state index contributed by atoms with van der Waals surface area (Å²) >= 11 is 1.43. The van der Waals surface area contributed by atoms with Crippen molar-refractivity contribution in [3.05, 3.63) is 39.8 Å². The van der Waals surface area contributed by atoms with E-state index in [1.165, 1.54) is 11.3 Å². The van der Waals surface area contributed by atoms with E-state index in [4.69, 9.17) is 14.2 Å². The van der Waals surface area contributed by atoms with Gasteiger partial charge < -0.3 is 19.3 Å². The summed E-state index contributed by atoms with van der Waals surface area (Å²) in [5, 5.41) is 10.1. The first kappa shape index (κ1) is 14.8. The van der Waals surface area contributed by atoms with Gasteiger partial charge in [-0.3, -0.25) is 0 Å². The van der Waals surface area contributed by atoms with Crippen LogP contribution in [-0.2, 0) is 24.6 Å². The maximum atomic E-state index is 9.27. The minimum absolute atomic E-state index is 0.0322. The summed E-state index contributed by atoms with van der Waals surface area (Å²) < 4.78 is 15.9. The molecule has 1 aromatic carbocycles. The molecule has 0 saturated heterocycles. The lowest BCUT2D eigenvalue weighted by Crippen LogP contribution is -1.97. The van der Waals surface area contributed by atoms with E-state index in [-0.39, 0.29) is 6.61 Å². The Morgan fingerprint density at radius 3 is 2.70 bits per heavy atom. The Balaban J connectivity index is 2.02. The number of aromatic nitrogens is 1. The van der Waals surface area contributed by atoms with Crippen LogP contribution >= 0.6 is 11.3 Å². The molecule has 0 aliphatic carbocycles. The van der Waals surface area contributed by atoms with Crippen molar-refractivity contribution in [2.75, 3.05) is 14.2 Å². The molecule has 0 spiro atoms. The van der Waals surface area contributed by atoms with E-state index >= 15 is 0 Å². The number of aliphatic hydroxyl groups excluding tert-OH is 1. The zero-order valence-electron chi connectivity index (χ0n) is 11.5. The Morgan fingerprint density at radius 2 is 2.00 bits per heavy atom. The maximum Gasteiger partial charge on any atom is 0.140 e. The molecule has 0 radical (unpaired) electrons. The Labute approximate surface area is 121 Å². The molecule has 2 aromatic rings. The van der Waals surface area contributed by atoms with Gasteiger partial charge in [-0.05, 0) is 12.1 Å². The fraction of sp³-hybridized carbons (Fsp3) is 0.357. The predicted molar refractivity (Wildman–Crippen MR) is 76.1 cm³/mol. The van der Waals surface area contributed by atoms with Crippen molar-refractivity contribution >= 4 is 11.3 Å². The second-order valence-corrected chi connectivity index (χ2v) is 5.20. The number of rotatable bonds is 7. The molecule has 1 aromatic heterocycles. The molecule has 0 bridgehead atoms. The highest BCUT2D eigenvalue weighted by atomic mass is 32.1. The molecule has 0 atom stereocenters. The van der Waals surface area contributed by atoms with Gasteiger partial charge in [-0.15, -0.1) is 11.3 Å². The smallest absolute Gasteiger partial charge is 0.140 e. The van der Waals surface area contributed by atoms with E-state index in [1.807, 2.05) is 24.3 Å². The highest BCUT2D eigenvalue weighted by Crippen LogP contribution is 2.23. The lowest BCUT2D eigenvalue weighted by molar-refractivity contribution is 0.178. The van der Waals surface area contributed by atoms with Crippen molar-refractivity contribution in [1.29, 1.82) is 0 Å². The summed E-state index contributed by atoms with van der Waals surface area (Å²) in [6.45, 7) is 0.718. The number of hydrogen-bond acceptors (Lipinski definition) is 6. The fourth-order valence-corrected chi connectivity index (χ4v) is 2.55. The van der Waals surface area contributed by atoms with E-state index in [9.17, 15) is 5.11 Å². The molecular weight excluding hydrogens is 278 g/mol. The van der Waals surface area contributed by atoms with Crippen molar-refractivity contribution in [2.45, 2.75) is 19.8 Å². The Morgan fingerprint density at radius 1 is 1.20 bits per heavy atom. The lowest BCUT2D eigenvalue weighted by Gasteiger charge is -2.05. The monoisotopic (exact) mass is 295 g/mol. The van der Waals surface area contributed by atoms with Gasteiger partial charge in [0.15, 0.2) is 0 Å². The van der Waals surface area contributed by atoms with Gasteiger partial charge in [-0.2, -0.15) is 0 Å². The van der Waals surface area contributed by atoms with Gasteiger partial charge in [0.25, 0.3) is 0 Å². The molecule has 0 aliphatic heterocycles. The summed E-state index contributed by atoms with van der Waals surface area (Å²) in [4.78, 5) is 5.22. The standard InChI is InChI=1S/C14H17NO4S/c1-17-8-12-13(7-16)20-14(15-12)9-19-11-5-3-4-10(6-11)18-2/h3-6,16H,7-9H2,1-2H3. The number of aliphatic hydroxyl groups is 1. The molecule has 0 aliphatic rings. The number of hydrogen-bond donors (Lipinski definition) is 1. The van der Waals surface area contributed by atoms with Crippen LogP contribution < -0.4 is 9.47 Å². The normalized spacial score (nSPS) is 10.6. The Bertz CT molecular complexity index is 556. The summed E-state index contributed by atoms with van der Waals surface area (Å²) in [5.74, 6) is 1.47. The summed E-state index contributed by atoms with van der Waals surface area (Å²) in [7, 11) is 3.22. The molecular formula is C14H17NO4S. The van der Waals surface area contributed by atoms with E-state index in [2.05, 4.69) is 4.98 Å². The summed E-state index contributed by atoms with van der Waals surface area (Å²) in [5.41, 5.74) is 0.768. The first-order chi connectivity index (χ1) is 9.76. The second kappa shape index (κ2) is 7.23. The highest BCUT2D eigenvalue weighted by Gasteiger charge is 2.10.